The largest absolute Gasteiger partial charge is 0.309 e. The molecule has 3 rings (SSSR count). The third-order valence-corrected chi connectivity index (χ3v) is 5.46. The Balaban J connectivity index is 1.99. The first-order valence-corrected chi connectivity index (χ1v) is 10.3. The van der Waals surface area contributed by atoms with Crippen LogP contribution < -0.4 is 10.5 Å². The zero-order valence-electron chi connectivity index (χ0n) is 17.9. The Labute approximate surface area is 168 Å². The molecule has 0 saturated heterocycles. The topological polar surface area (TPSA) is 44.6 Å². The molecule has 0 bridgehead atoms. The maximum atomic E-state index is 13.1. The van der Waals surface area contributed by atoms with E-state index in [4.69, 9.17) is 4.98 Å². The van der Waals surface area contributed by atoms with Crippen LogP contribution in [0.1, 0.15) is 37.1 Å². The Hall–Kier alpha value is -2.18. The van der Waals surface area contributed by atoms with Crippen molar-refractivity contribution in [2.24, 2.45) is 0 Å². The van der Waals surface area contributed by atoms with E-state index in [1.54, 1.807) is 0 Å². The maximum absolute atomic E-state index is 13.1. The number of benzene rings is 1. The average molecular weight is 384 g/mol. The van der Waals surface area contributed by atoms with E-state index in [-0.39, 0.29) is 5.56 Å². The van der Waals surface area contributed by atoms with Gasteiger partial charge in [0, 0.05) is 23.5 Å². The summed E-state index contributed by atoms with van der Waals surface area (Å²) in [5.41, 5.74) is 4.15. The van der Waals surface area contributed by atoms with Crippen LogP contribution in [-0.2, 0) is 19.5 Å². The Morgan fingerprint density at radius 1 is 1.07 bits per heavy atom. The molecule has 0 atom stereocenters. The molecule has 0 N–H and O–H groups in total. The summed E-state index contributed by atoms with van der Waals surface area (Å²) in [6.45, 7) is 9.47. The van der Waals surface area contributed by atoms with Gasteiger partial charge in [-0.3, -0.25) is 19.2 Å². The molecule has 0 spiro atoms. The average Bonchev–Trinajstić information content (AvgIpc) is 2.68. The quantitative estimate of drug-likeness (QED) is 0.735. The van der Waals surface area contributed by atoms with Crippen molar-refractivity contribution in [1.82, 2.24) is 19.4 Å². The summed E-state index contributed by atoms with van der Waals surface area (Å²) in [4.78, 5) is 24.7. The lowest BCUT2D eigenvalue weighted by molar-refractivity contribution is 0.189. The van der Waals surface area contributed by atoms with Crippen molar-refractivity contribution in [1.29, 1.82) is 0 Å². The number of aryl methyl sites for hydroxylation is 2. The number of hydrogen-bond donors (Lipinski definition) is 0. The first kappa shape index (κ1) is 20.6. The molecule has 6 heteroatoms. The molecule has 1 aliphatic rings. The molecule has 28 heavy (non-hydrogen) atoms. The summed E-state index contributed by atoms with van der Waals surface area (Å²) in [6.07, 6.45) is 2.80. The molecule has 2 heterocycles. The van der Waals surface area contributed by atoms with Gasteiger partial charge in [0.1, 0.15) is 0 Å². The molecule has 6 nitrogen and oxygen atoms in total. The molecule has 152 valence electrons. The Morgan fingerprint density at radius 3 is 2.39 bits per heavy atom. The molecular weight excluding hydrogens is 350 g/mol. The first-order chi connectivity index (χ1) is 13.4. The second-order valence-electron chi connectivity index (χ2n) is 7.84. The lowest BCUT2D eigenvalue weighted by Gasteiger charge is -2.38. The highest BCUT2D eigenvalue weighted by atomic mass is 16.1. The van der Waals surface area contributed by atoms with Gasteiger partial charge in [0.15, 0.2) is 0 Å². The fraction of sp³-hybridized carbons (Fsp3) is 0.545. The van der Waals surface area contributed by atoms with E-state index in [0.717, 1.165) is 55.5 Å². The Bertz CT molecular complexity index is 856. The van der Waals surface area contributed by atoms with Gasteiger partial charge in [-0.1, -0.05) is 26.0 Å². The summed E-state index contributed by atoms with van der Waals surface area (Å²) in [7, 11) is 4.19. The smallest absolute Gasteiger partial charge is 0.259 e. The van der Waals surface area contributed by atoms with Crippen molar-refractivity contribution < 1.29 is 0 Å². The van der Waals surface area contributed by atoms with Crippen LogP contribution in [0.4, 0.5) is 11.6 Å². The predicted octanol–water partition coefficient (Wildman–Crippen LogP) is 3.00. The zero-order valence-corrected chi connectivity index (χ0v) is 17.9. The van der Waals surface area contributed by atoms with Gasteiger partial charge in [0.2, 0.25) is 5.95 Å². The maximum Gasteiger partial charge on any atom is 0.259 e. The van der Waals surface area contributed by atoms with Gasteiger partial charge >= 0.3 is 0 Å². The van der Waals surface area contributed by atoms with Crippen molar-refractivity contribution in [2.75, 3.05) is 38.8 Å². The number of nitrogens with zero attached hydrogens (tertiary/aromatic N) is 5. The number of anilines is 2. The Kier molecular flexibility index (Phi) is 6.52. The van der Waals surface area contributed by atoms with Crippen molar-refractivity contribution in [3.8, 4) is 0 Å². The van der Waals surface area contributed by atoms with E-state index in [2.05, 4.69) is 60.0 Å². The lowest BCUT2D eigenvalue weighted by Crippen LogP contribution is -2.48. The second-order valence-corrected chi connectivity index (χ2v) is 7.84. The Morgan fingerprint density at radius 2 is 1.79 bits per heavy atom. The van der Waals surface area contributed by atoms with Crippen LogP contribution >= 0.6 is 0 Å². The van der Waals surface area contributed by atoms with E-state index < -0.39 is 0 Å². The van der Waals surface area contributed by atoms with Crippen LogP contribution in [-0.4, -0.2) is 53.2 Å². The minimum Gasteiger partial charge on any atom is -0.309 e. The molecule has 1 aromatic carbocycles. The van der Waals surface area contributed by atoms with E-state index in [1.807, 2.05) is 18.4 Å². The molecule has 0 fully saturated rings. The van der Waals surface area contributed by atoms with Gasteiger partial charge in [-0.05, 0) is 64.5 Å². The SMILES string of the molecule is CCc1ccc(N2CN(CCCN(C)C)Cn3c2nc(C)c(CC)c3=O)cc1. The molecule has 1 aliphatic heterocycles. The summed E-state index contributed by atoms with van der Waals surface area (Å²) < 4.78 is 1.85. The van der Waals surface area contributed by atoms with Crippen LogP contribution in [0.5, 0.6) is 0 Å². The van der Waals surface area contributed by atoms with Crippen LogP contribution in [0.15, 0.2) is 29.1 Å². The summed E-state index contributed by atoms with van der Waals surface area (Å²) in [5, 5.41) is 0. The first-order valence-electron chi connectivity index (χ1n) is 10.3. The molecule has 0 amide bonds. The standard InChI is InChI=1S/C22H33N5O/c1-6-18-9-11-19(12-10-18)26-15-25(14-8-13-24(4)5)16-27-21(28)20(7-2)17(3)23-22(26)27/h9-12H,6-8,13-16H2,1-5H3. The number of rotatable bonds is 7. The van der Waals surface area contributed by atoms with Crippen LogP contribution in [0.25, 0.3) is 0 Å². The van der Waals surface area contributed by atoms with Gasteiger partial charge in [0.25, 0.3) is 5.56 Å². The molecular formula is C22H33N5O. The van der Waals surface area contributed by atoms with Crippen LogP contribution in [0, 0.1) is 6.92 Å². The van der Waals surface area contributed by atoms with E-state index in [9.17, 15) is 4.79 Å². The molecule has 1 aromatic heterocycles. The fourth-order valence-electron chi connectivity index (χ4n) is 3.80. The van der Waals surface area contributed by atoms with Crippen LogP contribution in [0.2, 0.25) is 0 Å². The van der Waals surface area contributed by atoms with Gasteiger partial charge < -0.3 is 4.90 Å². The second kappa shape index (κ2) is 8.88. The lowest BCUT2D eigenvalue weighted by atomic mass is 10.1. The van der Waals surface area contributed by atoms with Gasteiger partial charge in [-0.15, -0.1) is 0 Å². The third kappa shape index (κ3) is 4.28. The highest BCUT2D eigenvalue weighted by Gasteiger charge is 2.27. The number of aromatic nitrogens is 2. The summed E-state index contributed by atoms with van der Waals surface area (Å²) in [6, 6.07) is 8.61. The van der Waals surface area contributed by atoms with E-state index in [1.165, 1.54) is 5.56 Å². The van der Waals surface area contributed by atoms with Gasteiger partial charge in [0.05, 0.1) is 13.3 Å². The summed E-state index contributed by atoms with van der Waals surface area (Å²) in [5.74, 6) is 0.757. The molecule has 0 saturated carbocycles. The molecule has 0 radical (unpaired) electrons. The summed E-state index contributed by atoms with van der Waals surface area (Å²) >= 11 is 0. The van der Waals surface area contributed by atoms with E-state index >= 15 is 0 Å². The number of fused-ring (bicyclic) bond motifs is 1. The van der Waals surface area contributed by atoms with Crippen molar-refractivity contribution >= 4 is 11.6 Å². The zero-order chi connectivity index (χ0) is 20.3. The van der Waals surface area contributed by atoms with E-state index in [0.29, 0.717) is 13.1 Å². The van der Waals surface area contributed by atoms with Crippen LogP contribution in [0.3, 0.4) is 0 Å². The number of hydrogen-bond acceptors (Lipinski definition) is 5. The minimum absolute atomic E-state index is 0.0949. The molecule has 2 aromatic rings. The normalized spacial score (nSPS) is 14.6. The minimum atomic E-state index is 0.0949. The predicted molar refractivity (Wildman–Crippen MR) is 115 cm³/mol. The van der Waals surface area contributed by atoms with Crippen molar-refractivity contribution in [3.05, 3.63) is 51.4 Å². The fourth-order valence-corrected chi connectivity index (χ4v) is 3.80. The highest BCUT2D eigenvalue weighted by molar-refractivity contribution is 5.59. The highest BCUT2D eigenvalue weighted by Crippen LogP contribution is 2.28. The van der Waals surface area contributed by atoms with Crippen molar-refractivity contribution in [2.45, 2.75) is 46.7 Å². The van der Waals surface area contributed by atoms with Gasteiger partial charge in [-0.25, -0.2) is 4.98 Å². The monoisotopic (exact) mass is 383 g/mol. The van der Waals surface area contributed by atoms with Crippen molar-refractivity contribution in [3.63, 3.8) is 0 Å². The molecule has 0 aliphatic carbocycles. The van der Waals surface area contributed by atoms with Gasteiger partial charge in [-0.2, -0.15) is 0 Å². The third-order valence-electron chi connectivity index (χ3n) is 5.46. The molecule has 0 unspecified atom stereocenters.